The number of carbonyl (C=O) groups excluding carboxylic acids is 2. The fraction of sp³-hybridized carbons (Fsp3) is 0.370. The van der Waals surface area contributed by atoms with Gasteiger partial charge in [-0.2, -0.15) is 0 Å². The van der Waals surface area contributed by atoms with Crippen LogP contribution in [0.15, 0.2) is 60.7 Å². The molecule has 1 saturated heterocycles. The van der Waals surface area contributed by atoms with Gasteiger partial charge >= 0.3 is 0 Å². The number of hydrogen-bond acceptors (Lipinski definition) is 6. The van der Waals surface area contributed by atoms with Crippen LogP contribution in [-0.2, 0) is 22.4 Å². The number of benzene rings is 2. The predicted octanol–water partition coefficient (Wildman–Crippen LogP) is 2.85. The van der Waals surface area contributed by atoms with Gasteiger partial charge in [0.25, 0.3) is 0 Å². The lowest BCUT2D eigenvalue weighted by Gasteiger charge is -2.32. The highest BCUT2D eigenvalue weighted by molar-refractivity contribution is 7.15. The summed E-state index contributed by atoms with van der Waals surface area (Å²) < 4.78 is 0. The van der Waals surface area contributed by atoms with Gasteiger partial charge in [-0.25, -0.2) is 4.98 Å². The molecule has 5 rings (SSSR count). The van der Waals surface area contributed by atoms with E-state index in [-0.39, 0.29) is 23.8 Å². The Hall–Kier alpha value is -3.23. The van der Waals surface area contributed by atoms with Crippen LogP contribution in [0.3, 0.4) is 0 Å². The molecule has 7 nitrogen and oxygen atoms in total. The lowest BCUT2D eigenvalue weighted by Crippen LogP contribution is -2.54. The smallest absolute Gasteiger partial charge is 0.243 e. The van der Waals surface area contributed by atoms with Crippen LogP contribution in [0.2, 0.25) is 0 Å². The van der Waals surface area contributed by atoms with Crippen molar-refractivity contribution in [3.8, 4) is 0 Å². The average molecular weight is 490 g/mol. The Kier molecular flexibility index (Phi) is 6.83. The Morgan fingerprint density at radius 3 is 2.34 bits per heavy atom. The maximum absolute atomic E-state index is 13.7. The topological polar surface area (TPSA) is 114 Å². The molecule has 182 valence electrons. The number of thiazole rings is 1. The molecule has 0 radical (unpaired) electrons. The zero-order valence-corrected chi connectivity index (χ0v) is 20.4. The van der Waals surface area contributed by atoms with Crippen molar-refractivity contribution in [2.24, 2.45) is 5.73 Å². The second kappa shape index (κ2) is 10.2. The van der Waals surface area contributed by atoms with Crippen LogP contribution < -0.4 is 16.8 Å². The van der Waals surface area contributed by atoms with Crippen molar-refractivity contribution in [1.82, 2.24) is 15.2 Å². The van der Waals surface area contributed by atoms with Gasteiger partial charge in [-0.1, -0.05) is 60.7 Å². The van der Waals surface area contributed by atoms with Gasteiger partial charge in [0, 0.05) is 29.8 Å². The lowest BCUT2D eigenvalue weighted by molar-refractivity contribution is -0.140. The molecule has 2 heterocycles. The Bertz CT molecular complexity index is 1140. The molecule has 2 aliphatic rings. The number of rotatable bonds is 6. The quantitative estimate of drug-likeness (QED) is 0.493. The Labute approximate surface area is 209 Å². The van der Waals surface area contributed by atoms with Crippen molar-refractivity contribution in [2.75, 3.05) is 12.3 Å². The van der Waals surface area contributed by atoms with Crippen LogP contribution >= 0.6 is 11.3 Å². The molecule has 8 heteroatoms. The number of aromatic nitrogens is 1. The van der Waals surface area contributed by atoms with Crippen LogP contribution in [0.4, 0.5) is 5.13 Å². The molecule has 2 amide bonds. The summed E-state index contributed by atoms with van der Waals surface area (Å²) in [5.41, 5.74) is 15.5. The van der Waals surface area contributed by atoms with Crippen LogP contribution in [0.1, 0.15) is 46.9 Å². The summed E-state index contributed by atoms with van der Waals surface area (Å²) in [5.74, 6) is -0.561. The van der Waals surface area contributed by atoms with E-state index >= 15 is 0 Å². The molecular formula is C27H31N5O2S. The normalized spacial score (nSPS) is 20.5. The van der Waals surface area contributed by atoms with Gasteiger partial charge in [-0.3, -0.25) is 9.59 Å². The first kappa shape index (κ1) is 23.5. The first-order valence-corrected chi connectivity index (χ1v) is 13.0. The van der Waals surface area contributed by atoms with Gasteiger partial charge in [0.05, 0.1) is 11.7 Å². The van der Waals surface area contributed by atoms with Crippen molar-refractivity contribution >= 4 is 28.3 Å². The van der Waals surface area contributed by atoms with Gasteiger partial charge in [0.2, 0.25) is 11.8 Å². The fourth-order valence-electron chi connectivity index (χ4n) is 5.38. The molecule has 0 bridgehead atoms. The van der Waals surface area contributed by atoms with Gasteiger partial charge in [-0.05, 0) is 36.8 Å². The van der Waals surface area contributed by atoms with E-state index in [1.54, 1.807) is 4.90 Å². The number of hydrogen-bond donors (Lipinski definition) is 3. The number of amides is 2. The molecule has 35 heavy (non-hydrogen) atoms. The summed E-state index contributed by atoms with van der Waals surface area (Å²) >= 11 is 1.50. The summed E-state index contributed by atoms with van der Waals surface area (Å²) in [5, 5.41) is 3.77. The van der Waals surface area contributed by atoms with Crippen LogP contribution in [-0.4, -0.2) is 46.4 Å². The SMILES string of the molecule is Nc1nc2c(s1)CC(NC(=O)[C@@H]1CCCN1C(=O)[C@H](N)C(c1ccccc1)c1ccccc1)CC2. The van der Waals surface area contributed by atoms with Crippen LogP contribution in [0.25, 0.3) is 0 Å². The van der Waals surface area contributed by atoms with Crippen LogP contribution in [0, 0.1) is 0 Å². The Morgan fingerprint density at radius 2 is 1.69 bits per heavy atom. The maximum atomic E-state index is 13.7. The van der Waals surface area contributed by atoms with Gasteiger partial charge in [-0.15, -0.1) is 11.3 Å². The van der Waals surface area contributed by atoms with E-state index < -0.39 is 12.1 Å². The number of carbonyl (C=O) groups is 2. The molecule has 1 unspecified atom stereocenters. The number of nitrogen functional groups attached to an aromatic ring is 1. The number of nitrogens with one attached hydrogen (secondary N) is 1. The van der Waals surface area contributed by atoms with Crippen molar-refractivity contribution < 1.29 is 9.59 Å². The van der Waals surface area contributed by atoms with E-state index in [0.29, 0.717) is 18.1 Å². The second-order valence-corrected chi connectivity index (χ2v) is 10.5. The van der Waals surface area contributed by atoms with E-state index in [0.717, 1.165) is 47.4 Å². The summed E-state index contributed by atoms with van der Waals surface area (Å²) in [7, 11) is 0. The maximum Gasteiger partial charge on any atom is 0.243 e. The zero-order valence-electron chi connectivity index (χ0n) is 19.6. The molecule has 2 aromatic carbocycles. The minimum atomic E-state index is -0.786. The van der Waals surface area contributed by atoms with Crippen LogP contribution in [0.5, 0.6) is 0 Å². The zero-order chi connectivity index (χ0) is 24.4. The first-order chi connectivity index (χ1) is 17.0. The van der Waals surface area contributed by atoms with Gasteiger partial charge < -0.3 is 21.7 Å². The molecular weight excluding hydrogens is 458 g/mol. The number of anilines is 1. The summed E-state index contributed by atoms with van der Waals surface area (Å²) in [6.45, 7) is 0.543. The van der Waals surface area contributed by atoms with E-state index in [1.807, 2.05) is 60.7 Å². The molecule has 1 fully saturated rings. The predicted molar refractivity (Wildman–Crippen MR) is 138 cm³/mol. The van der Waals surface area contributed by atoms with Crippen molar-refractivity contribution in [3.63, 3.8) is 0 Å². The third-order valence-electron chi connectivity index (χ3n) is 7.10. The molecule has 0 saturated carbocycles. The molecule has 3 atom stereocenters. The average Bonchev–Trinajstić information content (AvgIpc) is 3.51. The highest BCUT2D eigenvalue weighted by Crippen LogP contribution is 2.31. The first-order valence-electron chi connectivity index (χ1n) is 12.2. The lowest BCUT2D eigenvalue weighted by atomic mass is 9.84. The van der Waals surface area contributed by atoms with E-state index in [1.165, 1.54) is 11.3 Å². The monoisotopic (exact) mass is 489 g/mol. The number of nitrogens with two attached hydrogens (primary N) is 2. The van der Waals surface area contributed by atoms with E-state index in [4.69, 9.17) is 11.5 Å². The largest absolute Gasteiger partial charge is 0.375 e. The van der Waals surface area contributed by atoms with Gasteiger partial charge in [0.1, 0.15) is 6.04 Å². The summed E-state index contributed by atoms with van der Waals surface area (Å²) in [4.78, 5) is 34.2. The minimum Gasteiger partial charge on any atom is -0.375 e. The third kappa shape index (κ3) is 4.94. The third-order valence-corrected chi connectivity index (χ3v) is 8.05. The van der Waals surface area contributed by atoms with Crippen molar-refractivity contribution in [3.05, 3.63) is 82.4 Å². The van der Waals surface area contributed by atoms with Crippen molar-refractivity contribution in [2.45, 2.75) is 56.1 Å². The number of likely N-dealkylation sites (tertiary alicyclic amines) is 1. The molecule has 1 aliphatic heterocycles. The van der Waals surface area contributed by atoms with Gasteiger partial charge in [0.15, 0.2) is 5.13 Å². The summed E-state index contributed by atoms with van der Waals surface area (Å²) in [6, 6.07) is 18.5. The second-order valence-electron chi connectivity index (χ2n) is 9.38. The fourth-order valence-corrected chi connectivity index (χ4v) is 6.34. The van der Waals surface area contributed by atoms with E-state index in [9.17, 15) is 9.59 Å². The standard InChI is InChI=1S/C27H31N5O2S/c28-24(23(17-8-3-1-4-9-17)18-10-5-2-6-11-18)26(34)32-15-7-12-21(32)25(33)30-19-13-14-20-22(16-19)35-27(29)31-20/h1-6,8-11,19,21,23-24H,7,12-16,28H2,(H2,29,31)(H,30,33)/t19?,21-,24+/m0/s1. The Morgan fingerprint density at radius 1 is 1.03 bits per heavy atom. The number of nitrogens with zero attached hydrogens (tertiary/aromatic N) is 2. The molecule has 3 aromatic rings. The Balaban J connectivity index is 1.31. The van der Waals surface area contributed by atoms with E-state index in [2.05, 4.69) is 10.3 Å². The summed E-state index contributed by atoms with van der Waals surface area (Å²) in [6.07, 6.45) is 3.81. The molecule has 1 aromatic heterocycles. The highest BCUT2D eigenvalue weighted by Gasteiger charge is 2.40. The molecule has 5 N–H and O–H groups in total. The molecule has 1 aliphatic carbocycles. The van der Waals surface area contributed by atoms with Crippen molar-refractivity contribution in [1.29, 1.82) is 0 Å². The number of aryl methyl sites for hydroxylation is 1. The number of fused-ring (bicyclic) bond motifs is 1. The highest BCUT2D eigenvalue weighted by atomic mass is 32.1. The molecule has 0 spiro atoms. The minimum absolute atomic E-state index is 0.0301.